The van der Waals surface area contributed by atoms with Crippen LogP contribution in [0.3, 0.4) is 0 Å². The van der Waals surface area contributed by atoms with E-state index >= 15 is 0 Å². The minimum Gasteiger partial charge on any atom is -0.393 e. The third-order valence-electron chi connectivity index (χ3n) is 3.37. The van der Waals surface area contributed by atoms with E-state index in [0.717, 1.165) is 5.57 Å². The lowest BCUT2D eigenvalue weighted by molar-refractivity contribution is -0.158. The van der Waals surface area contributed by atoms with Crippen LogP contribution >= 0.6 is 0 Å². The summed E-state index contributed by atoms with van der Waals surface area (Å²) >= 11 is 0. The largest absolute Gasteiger partial charge is 0.393 e. The van der Waals surface area contributed by atoms with Gasteiger partial charge in [-0.3, -0.25) is 9.59 Å². The number of ether oxygens (including phenoxy) is 2. The molecule has 3 aliphatic heterocycles. The highest BCUT2D eigenvalue weighted by molar-refractivity contribution is 5.99. The molecule has 0 aliphatic carbocycles. The first-order valence-corrected chi connectivity index (χ1v) is 4.66. The van der Waals surface area contributed by atoms with Crippen LogP contribution in [0.4, 0.5) is 0 Å². The standard InChI is InChI=1S/C10H10O4/c1-4-3-10(2)6-5(7(4)14-10)8(11)13-9(6)12/h3,5-7H,1-2H3/t5?,6?,7-,10+/m1/s1. The lowest BCUT2D eigenvalue weighted by Crippen LogP contribution is -2.35. The van der Waals surface area contributed by atoms with Crippen LogP contribution in [0.25, 0.3) is 0 Å². The predicted octanol–water partition coefficient (Wildman–Crippen LogP) is 0.420. The van der Waals surface area contributed by atoms with Crippen LogP contribution in [0.5, 0.6) is 0 Å². The molecule has 4 heteroatoms. The van der Waals surface area contributed by atoms with Gasteiger partial charge in [0.05, 0.1) is 11.7 Å². The van der Waals surface area contributed by atoms with Crippen molar-refractivity contribution in [3.63, 3.8) is 0 Å². The van der Waals surface area contributed by atoms with Gasteiger partial charge in [0, 0.05) is 0 Å². The van der Waals surface area contributed by atoms with Crippen molar-refractivity contribution in [3.05, 3.63) is 11.6 Å². The first kappa shape index (κ1) is 8.17. The van der Waals surface area contributed by atoms with E-state index in [1.54, 1.807) is 0 Å². The van der Waals surface area contributed by atoms with Crippen LogP contribution in [-0.4, -0.2) is 23.6 Å². The maximum atomic E-state index is 11.4. The Kier molecular flexibility index (Phi) is 1.22. The molecule has 74 valence electrons. The van der Waals surface area contributed by atoms with Crippen molar-refractivity contribution in [1.29, 1.82) is 0 Å². The SMILES string of the molecule is CC1=C[C@]2(C)O[C@H]1C1C(=O)OC(=O)C12. The molecule has 0 aromatic carbocycles. The third-order valence-corrected chi connectivity index (χ3v) is 3.37. The molecule has 0 aromatic heterocycles. The molecule has 0 spiro atoms. The summed E-state index contributed by atoms with van der Waals surface area (Å²) < 4.78 is 10.3. The number of hydrogen-bond donors (Lipinski definition) is 0. The number of cyclic esters (lactones) is 2. The van der Waals surface area contributed by atoms with Crippen LogP contribution in [0.1, 0.15) is 13.8 Å². The van der Waals surface area contributed by atoms with Gasteiger partial charge in [-0.15, -0.1) is 0 Å². The quantitative estimate of drug-likeness (QED) is 0.318. The average molecular weight is 194 g/mol. The summed E-state index contributed by atoms with van der Waals surface area (Å²) in [6.07, 6.45) is 1.68. The molecule has 2 saturated heterocycles. The predicted molar refractivity (Wildman–Crippen MR) is 45.1 cm³/mol. The highest BCUT2D eigenvalue weighted by Crippen LogP contribution is 2.53. The fraction of sp³-hybridized carbons (Fsp3) is 0.600. The van der Waals surface area contributed by atoms with Crippen molar-refractivity contribution in [2.24, 2.45) is 11.8 Å². The summed E-state index contributed by atoms with van der Waals surface area (Å²) in [4.78, 5) is 22.8. The summed E-state index contributed by atoms with van der Waals surface area (Å²) in [6, 6.07) is 0. The second-order valence-corrected chi connectivity index (χ2v) is 4.35. The molecule has 0 saturated carbocycles. The van der Waals surface area contributed by atoms with Crippen LogP contribution in [-0.2, 0) is 19.1 Å². The molecule has 4 atom stereocenters. The van der Waals surface area contributed by atoms with E-state index in [2.05, 4.69) is 4.74 Å². The van der Waals surface area contributed by atoms with Gasteiger partial charge in [0.15, 0.2) is 0 Å². The van der Waals surface area contributed by atoms with Crippen LogP contribution in [0.2, 0.25) is 0 Å². The summed E-state index contributed by atoms with van der Waals surface area (Å²) in [5, 5.41) is 0. The molecule has 0 N–H and O–H groups in total. The lowest BCUT2D eigenvalue weighted by atomic mass is 9.75. The maximum Gasteiger partial charge on any atom is 0.320 e. The smallest absolute Gasteiger partial charge is 0.320 e. The van der Waals surface area contributed by atoms with E-state index in [1.807, 2.05) is 19.9 Å². The number of esters is 2. The van der Waals surface area contributed by atoms with E-state index in [-0.39, 0.29) is 6.10 Å². The Bertz CT molecular complexity index is 384. The van der Waals surface area contributed by atoms with E-state index in [4.69, 9.17) is 4.74 Å². The summed E-state index contributed by atoms with van der Waals surface area (Å²) in [5.74, 6) is -1.70. The fourth-order valence-corrected chi connectivity index (χ4v) is 2.86. The second kappa shape index (κ2) is 2.08. The molecular formula is C10H10O4. The van der Waals surface area contributed by atoms with Crippen LogP contribution < -0.4 is 0 Å². The minimum absolute atomic E-state index is 0.246. The Morgan fingerprint density at radius 3 is 2.79 bits per heavy atom. The Hall–Kier alpha value is -1.16. The first-order chi connectivity index (χ1) is 6.53. The van der Waals surface area contributed by atoms with Gasteiger partial charge in [0.1, 0.15) is 11.8 Å². The number of rotatable bonds is 0. The monoisotopic (exact) mass is 194 g/mol. The Labute approximate surface area is 80.9 Å². The van der Waals surface area contributed by atoms with Gasteiger partial charge in [-0.1, -0.05) is 6.08 Å². The molecule has 3 aliphatic rings. The number of hydrogen-bond acceptors (Lipinski definition) is 4. The lowest BCUT2D eigenvalue weighted by Gasteiger charge is -2.21. The van der Waals surface area contributed by atoms with Crippen LogP contribution in [0.15, 0.2) is 11.6 Å². The van der Waals surface area contributed by atoms with Gasteiger partial charge in [0.2, 0.25) is 0 Å². The zero-order valence-electron chi connectivity index (χ0n) is 7.94. The molecule has 2 bridgehead atoms. The van der Waals surface area contributed by atoms with Crippen LogP contribution in [0, 0.1) is 11.8 Å². The van der Waals surface area contributed by atoms with Crippen molar-refractivity contribution < 1.29 is 19.1 Å². The minimum atomic E-state index is -0.622. The fourth-order valence-electron chi connectivity index (χ4n) is 2.86. The molecule has 3 heterocycles. The van der Waals surface area contributed by atoms with Gasteiger partial charge in [-0.05, 0) is 19.4 Å². The van der Waals surface area contributed by atoms with Gasteiger partial charge < -0.3 is 9.47 Å². The number of carbonyl (C=O) groups excluding carboxylic acids is 2. The van der Waals surface area contributed by atoms with Gasteiger partial charge in [-0.2, -0.15) is 0 Å². The van der Waals surface area contributed by atoms with Crippen molar-refractivity contribution >= 4 is 11.9 Å². The van der Waals surface area contributed by atoms with Crippen molar-refractivity contribution in [3.8, 4) is 0 Å². The van der Waals surface area contributed by atoms with Crippen molar-refractivity contribution in [1.82, 2.24) is 0 Å². The molecule has 4 nitrogen and oxygen atoms in total. The Morgan fingerprint density at radius 2 is 2.07 bits per heavy atom. The molecule has 0 aromatic rings. The number of fused-ring (bicyclic) bond motifs is 5. The molecule has 3 rings (SSSR count). The normalized spacial score (nSPS) is 49.3. The van der Waals surface area contributed by atoms with Gasteiger partial charge >= 0.3 is 11.9 Å². The van der Waals surface area contributed by atoms with E-state index in [1.165, 1.54) is 0 Å². The molecule has 2 unspecified atom stereocenters. The van der Waals surface area contributed by atoms with E-state index in [0.29, 0.717) is 0 Å². The second-order valence-electron chi connectivity index (χ2n) is 4.35. The topological polar surface area (TPSA) is 52.6 Å². The van der Waals surface area contributed by atoms with E-state index < -0.39 is 29.4 Å². The zero-order valence-corrected chi connectivity index (χ0v) is 7.94. The molecular weight excluding hydrogens is 184 g/mol. The maximum absolute atomic E-state index is 11.4. The van der Waals surface area contributed by atoms with E-state index in [9.17, 15) is 9.59 Å². The highest BCUT2D eigenvalue weighted by Gasteiger charge is 2.66. The third kappa shape index (κ3) is 0.696. The molecule has 2 fully saturated rings. The summed E-state index contributed by atoms with van der Waals surface area (Å²) in [7, 11) is 0. The Morgan fingerprint density at radius 1 is 1.36 bits per heavy atom. The number of carbonyl (C=O) groups is 2. The average Bonchev–Trinajstić information content (AvgIpc) is 2.61. The first-order valence-electron chi connectivity index (χ1n) is 4.66. The van der Waals surface area contributed by atoms with Gasteiger partial charge in [0.25, 0.3) is 0 Å². The Balaban J connectivity index is 2.14. The van der Waals surface area contributed by atoms with Crippen molar-refractivity contribution in [2.45, 2.75) is 25.6 Å². The highest BCUT2D eigenvalue weighted by atomic mass is 16.6. The zero-order chi connectivity index (χ0) is 10.1. The summed E-state index contributed by atoms with van der Waals surface area (Å²) in [6.45, 7) is 3.75. The molecule has 0 radical (unpaired) electrons. The molecule has 0 amide bonds. The van der Waals surface area contributed by atoms with Gasteiger partial charge in [-0.25, -0.2) is 0 Å². The van der Waals surface area contributed by atoms with Crippen molar-refractivity contribution in [2.75, 3.05) is 0 Å². The summed E-state index contributed by atoms with van der Waals surface area (Å²) in [5.41, 5.74) is 0.406. The molecule has 14 heavy (non-hydrogen) atoms.